The zero-order valence-corrected chi connectivity index (χ0v) is 17.1. The van der Waals surface area contributed by atoms with Crippen molar-refractivity contribution in [2.45, 2.75) is 39.2 Å². The minimum Gasteiger partial charge on any atom is -0.358 e. The maximum atomic E-state index is 13.1. The molecular formula is C22H26N4OS. The molecule has 1 saturated heterocycles. The fraction of sp³-hybridized carbons (Fsp3) is 0.455. The molecular weight excluding hydrogens is 368 g/mol. The topological polar surface area (TPSA) is 52.2 Å². The van der Waals surface area contributed by atoms with E-state index in [2.05, 4.69) is 32.4 Å². The first-order valence-electron chi connectivity index (χ1n) is 10.2. The number of nitrogens with one attached hydrogen (secondary N) is 1. The number of rotatable bonds is 3. The lowest BCUT2D eigenvalue weighted by Crippen LogP contribution is -2.48. The number of aromatic amines is 1. The molecule has 1 aromatic carbocycles. The Balaban J connectivity index is 1.28. The molecule has 1 fully saturated rings. The molecule has 0 unspecified atom stereocenters. The van der Waals surface area contributed by atoms with E-state index in [0.29, 0.717) is 0 Å². The minimum atomic E-state index is 0.164. The molecule has 0 saturated carbocycles. The maximum absolute atomic E-state index is 13.1. The van der Waals surface area contributed by atoms with Gasteiger partial charge in [-0.05, 0) is 56.4 Å². The minimum absolute atomic E-state index is 0.164. The van der Waals surface area contributed by atoms with Gasteiger partial charge in [0.05, 0.1) is 10.7 Å². The molecule has 2 aromatic heterocycles. The Morgan fingerprint density at radius 3 is 2.79 bits per heavy atom. The van der Waals surface area contributed by atoms with Crippen LogP contribution < -0.4 is 0 Å². The van der Waals surface area contributed by atoms with Gasteiger partial charge in [-0.3, -0.25) is 9.69 Å². The zero-order valence-electron chi connectivity index (χ0n) is 16.3. The highest BCUT2D eigenvalue weighted by Gasteiger charge is 2.24. The zero-order chi connectivity index (χ0) is 19.1. The smallest absolute Gasteiger partial charge is 0.253 e. The van der Waals surface area contributed by atoms with Crippen LogP contribution in [0.5, 0.6) is 0 Å². The summed E-state index contributed by atoms with van der Waals surface area (Å²) in [6.07, 6.45) is 4.77. The van der Waals surface area contributed by atoms with Crippen molar-refractivity contribution < 1.29 is 4.79 Å². The van der Waals surface area contributed by atoms with Crippen LogP contribution in [0.1, 0.15) is 45.2 Å². The Hall–Kier alpha value is -2.18. The number of aryl methyl sites for hydroxylation is 3. The largest absolute Gasteiger partial charge is 0.358 e. The van der Waals surface area contributed by atoms with Gasteiger partial charge in [0.15, 0.2) is 0 Å². The summed E-state index contributed by atoms with van der Waals surface area (Å²) >= 11 is 1.70. The number of amides is 1. The van der Waals surface area contributed by atoms with Crippen molar-refractivity contribution in [1.29, 1.82) is 0 Å². The fourth-order valence-electron chi connectivity index (χ4n) is 4.54. The third-order valence-electron chi connectivity index (χ3n) is 6.06. The number of carbonyl (C=O) groups is 1. The average molecular weight is 395 g/mol. The van der Waals surface area contributed by atoms with E-state index in [-0.39, 0.29) is 5.91 Å². The number of H-pyrrole nitrogens is 1. The van der Waals surface area contributed by atoms with E-state index in [9.17, 15) is 4.79 Å². The molecule has 1 amide bonds. The van der Waals surface area contributed by atoms with Crippen molar-refractivity contribution in [3.63, 3.8) is 0 Å². The second-order valence-electron chi connectivity index (χ2n) is 7.98. The Morgan fingerprint density at radius 1 is 1.18 bits per heavy atom. The lowest BCUT2D eigenvalue weighted by molar-refractivity contribution is 0.0627. The molecule has 3 aromatic rings. The quantitative estimate of drug-likeness (QED) is 0.736. The van der Waals surface area contributed by atoms with Crippen LogP contribution in [0.25, 0.3) is 10.9 Å². The molecule has 3 heterocycles. The van der Waals surface area contributed by atoms with E-state index in [4.69, 9.17) is 0 Å². The van der Waals surface area contributed by atoms with Gasteiger partial charge in [-0.1, -0.05) is 0 Å². The van der Waals surface area contributed by atoms with Gasteiger partial charge in [0.2, 0.25) is 0 Å². The molecule has 1 aliphatic carbocycles. The molecule has 2 aliphatic rings. The maximum Gasteiger partial charge on any atom is 0.253 e. The molecule has 28 heavy (non-hydrogen) atoms. The van der Waals surface area contributed by atoms with Crippen LogP contribution in [-0.2, 0) is 19.4 Å². The number of fused-ring (bicyclic) bond motifs is 3. The monoisotopic (exact) mass is 394 g/mol. The normalized spacial score (nSPS) is 17.8. The van der Waals surface area contributed by atoms with Gasteiger partial charge in [-0.25, -0.2) is 4.98 Å². The summed E-state index contributed by atoms with van der Waals surface area (Å²) in [4.78, 5) is 25.6. The van der Waals surface area contributed by atoms with E-state index >= 15 is 0 Å². The summed E-state index contributed by atoms with van der Waals surface area (Å²) in [6, 6.07) is 6.18. The van der Waals surface area contributed by atoms with Crippen molar-refractivity contribution in [2.75, 3.05) is 26.2 Å². The third kappa shape index (κ3) is 3.35. The summed E-state index contributed by atoms with van der Waals surface area (Å²) in [7, 11) is 0. The summed E-state index contributed by atoms with van der Waals surface area (Å²) in [5, 5.41) is 4.50. The van der Waals surface area contributed by atoms with Crippen molar-refractivity contribution >= 4 is 28.1 Å². The van der Waals surface area contributed by atoms with Crippen LogP contribution in [0.2, 0.25) is 0 Å². The Morgan fingerprint density at radius 2 is 2.00 bits per heavy atom. The number of hydrogen-bond acceptors (Lipinski definition) is 4. The van der Waals surface area contributed by atoms with Gasteiger partial charge in [-0.2, -0.15) is 0 Å². The highest BCUT2D eigenvalue weighted by molar-refractivity contribution is 7.09. The van der Waals surface area contributed by atoms with Gasteiger partial charge in [0, 0.05) is 60.3 Å². The molecule has 5 nitrogen and oxygen atoms in total. The number of benzene rings is 1. The van der Waals surface area contributed by atoms with Crippen molar-refractivity contribution in [3.8, 4) is 0 Å². The standard InChI is InChI=1S/C22H26N4OS/c1-15-23-17(14-28-15)13-25-8-10-26(11-9-25)22(27)16-6-7-21-19(12-16)18-4-2-3-5-20(18)24-21/h6-7,12,14,24H,2-5,8-11,13H2,1H3. The predicted octanol–water partition coefficient (Wildman–Crippen LogP) is 3.77. The fourth-order valence-corrected chi connectivity index (χ4v) is 5.14. The molecule has 6 heteroatoms. The molecule has 1 aliphatic heterocycles. The summed E-state index contributed by atoms with van der Waals surface area (Å²) < 4.78 is 0. The lowest BCUT2D eigenvalue weighted by Gasteiger charge is -2.34. The van der Waals surface area contributed by atoms with Crippen LogP contribution in [0.15, 0.2) is 23.6 Å². The van der Waals surface area contributed by atoms with Gasteiger partial charge in [0.1, 0.15) is 0 Å². The summed E-state index contributed by atoms with van der Waals surface area (Å²) in [5.74, 6) is 0.164. The summed E-state index contributed by atoms with van der Waals surface area (Å²) in [6.45, 7) is 6.31. The summed E-state index contributed by atoms with van der Waals surface area (Å²) in [5.41, 5.74) is 5.94. The van der Waals surface area contributed by atoms with E-state index in [1.807, 2.05) is 17.9 Å². The van der Waals surface area contributed by atoms with Crippen LogP contribution >= 0.6 is 11.3 Å². The van der Waals surface area contributed by atoms with Crippen molar-refractivity contribution in [2.24, 2.45) is 0 Å². The van der Waals surface area contributed by atoms with Crippen molar-refractivity contribution in [3.05, 3.63) is 51.1 Å². The second kappa shape index (κ2) is 7.33. The molecule has 0 bridgehead atoms. The number of thiazole rings is 1. The number of aromatic nitrogens is 2. The van der Waals surface area contributed by atoms with Crippen molar-refractivity contribution in [1.82, 2.24) is 19.8 Å². The van der Waals surface area contributed by atoms with E-state index < -0.39 is 0 Å². The predicted molar refractivity (Wildman–Crippen MR) is 113 cm³/mol. The van der Waals surface area contributed by atoms with Crippen LogP contribution in [-0.4, -0.2) is 51.9 Å². The van der Waals surface area contributed by atoms with Crippen LogP contribution in [0.4, 0.5) is 0 Å². The SMILES string of the molecule is Cc1nc(CN2CCN(C(=O)c3ccc4[nH]c5c(c4c3)CCCC5)CC2)cs1. The third-order valence-corrected chi connectivity index (χ3v) is 6.88. The molecule has 0 radical (unpaired) electrons. The first-order chi connectivity index (χ1) is 13.7. The van der Waals surface area contributed by atoms with Gasteiger partial charge < -0.3 is 9.88 Å². The lowest BCUT2D eigenvalue weighted by atomic mass is 9.95. The molecule has 0 spiro atoms. The van der Waals surface area contributed by atoms with Crippen LogP contribution in [0.3, 0.4) is 0 Å². The average Bonchev–Trinajstić information content (AvgIpc) is 3.30. The number of hydrogen-bond donors (Lipinski definition) is 1. The Kier molecular flexibility index (Phi) is 4.69. The molecule has 1 N–H and O–H groups in total. The van der Waals surface area contributed by atoms with E-state index in [1.54, 1.807) is 11.3 Å². The van der Waals surface area contributed by atoms with E-state index in [1.165, 1.54) is 35.0 Å². The highest BCUT2D eigenvalue weighted by Crippen LogP contribution is 2.30. The molecule has 146 valence electrons. The van der Waals surface area contributed by atoms with Crippen LogP contribution in [0, 0.1) is 6.92 Å². The highest BCUT2D eigenvalue weighted by atomic mass is 32.1. The molecule has 5 rings (SSSR count). The Labute approximate surface area is 169 Å². The second-order valence-corrected chi connectivity index (χ2v) is 9.04. The van der Waals surface area contributed by atoms with Gasteiger partial charge >= 0.3 is 0 Å². The first-order valence-corrected chi connectivity index (χ1v) is 11.1. The Bertz CT molecular complexity index is 1010. The number of piperazine rings is 1. The number of carbonyl (C=O) groups excluding carboxylic acids is 1. The van der Waals surface area contributed by atoms with E-state index in [0.717, 1.165) is 61.8 Å². The number of nitrogens with zero attached hydrogens (tertiary/aromatic N) is 3. The van der Waals surface area contributed by atoms with Gasteiger partial charge in [-0.15, -0.1) is 11.3 Å². The molecule has 0 atom stereocenters. The first kappa shape index (κ1) is 17.9. The van der Waals surface area contributed by atoms with Gasteiger partial charge in [0.25, 0.3) is 5.91 Å².